The lowest BCUT2D eigenvalue weighted by atomic mass is 9.89. The molecular weight excluding hydrogens is 366 g/mol. The number of benzene rings is 2. The van der Waals surface area contributed by atoms with E-state index in [1.165, 1.54) is 0 Å². The molecule has 1 heterocycles. The maximum Gasteiger partial charge on any atom is 0.261 e. The molecule has 1 amide bonds. The highest BCUT2D eigenvalue weighted by molar-refractivity contribution is 5.81. The van der Waals surface area contributed by atoms with Crippen LogP contribution in [0.15, 0.2) is 42.5 Å². The van der Waals surface area contributed by atoms with Crippen molar-refractivity contribution >= 4 is 5.91 Å². The Labute approximate surface area is 173 Å². The second kappa shape index (κ2) is 8.36. The zero-order chi connectivity index (χ0) is 21.2. The molecule has 0 saturated carbocycles. The number of rotatable bonds is 6. The lowest BCUT2D eigenvalue weighted by Crippen LogP contribution is -2.44. The average Bonchev–Trinajstić information content (AvgIpc) is 2.66. The van der Waals surface area contributed by atoms with Gasteiger partial charge in [0.25, 0.3) is 5.91 Å². The number of nitrogens with one attached hydrogen (secondary N) is 1. The number of fused-ring (bicyclic) bond motifs is 1. The Balaban J connectivity index is 1.77. The van der Waals surface area contributed by atoms with Gasteiger partial charge in [0.05, 0.1) is 13.2 Å². The summed E-state index contributed by atoms with van der Waals surface area (Å²) in [5.74, 6) is 2.40. The number of hydrogen-bond donors (Lipinski definition) is 1. The highest BCUT2D eigenvalue weighted by Gasteiger charge is 2.35. The average molecular weight is 398 g/mol. The monoisotopic (exact) mass is 397 g/mol. The second-order valence-electron chi connectivity index (χ2n) is 8.48. The largest absolute Gasteiger partial charge is 0.497 e. The van der Waals surface area contributed by atoms with Crippen molar-refractivity contribution in [2.24, 2.45) is 0 Å². The van der Waals surface area contributed by atoms with Crippen molar-refractivity contribution in [1.82, 2.24) is 5.32 Å². The van der Waals surface area contributed by atoms with Crippen molar-refractivity contribution in [3.63, 3.8) is 0 Å². The minimum Gasteiger partial charge on any atom is -0.497 e. The van der Waals surface area contributed by atoms with Gasteiger partial charge in [-0.25, -0.2) is 0 Å². The molecule has 1 aliphatic heterocycles. The molecule has 5 nitrogen and oxygen atoms in total. The molecule has 3 rings (SSSR count). The maximum atomic E-state index is 12.9. The number of para-hydroxylation sites is 1. The summed E-state index contributed by atoms with van der Waals surface area (Å²) in [4.78, 5) is 12.9. The lowest BCUT2D eigenvalue weighted by Gasteiger charge is -2.38. The maximum absolute atomic E-state index is 12.9. The quantitative estimate of drug-likeness (QED) is 0.745. The first-order valence-corrected chi connectivity index (χ1v) is 10.1. The molecule has 2 atom stereocenters. The number of carbonyl (C=O) groups excluding carboxylic acids is 1. The van der Waals surface area contributed by atoms with Crippen molar-refractivity contribution in [2.45, 2.75) is 64.7 Å². The molecule has 0 aliphatic carbocycles. The fourth-order valence-corrected chi connectivity index (χ4v) is 3.69. The van der Waals surface area contributed by atoms with Gasteiger partial charge in [-0.05, 0) is 50.5 Å². The van der Waals surface area contributed by atoms with E-state index in [9.17, 15) is 4.79 Å². The summed E-state index contributed by atoms with van der Waals surface area (Å²) in [6.45, 7) is 10.1. The van der Waals surface area contributed by atoms with Gasteiger partial charge in [-0.1, -0.05) is 32.0 Å². The van der Waals surface area contributed by atoms with E-state index in [-0.39, 0.29) is 11.9 Å². The predicted octanol–water partition coefficient (Wildman–Crippen LogP) is 5.00. The molecule has 156 valence electrons. The molecule has 2 aromatic rings. The molecule has 0 saturated heterocycles. The fourth-order valence-electron chi connectivity index (χ4n) is 3.69. The number of hydrogen-bond acceptors (Lipinski definition) is 4. The van der Waals surface area contributed by atoms with E-state index in [1.807, 2.05) is 56.3 Å². The summed E-state index contributed by atoms with van der Waals surface area (Å²) in [5.41, 5.74) is 1.65. The van der Waals surface area contributed by atoms with Crippen LogP contribution in [-0.4, -0.2) is 24.7 Å². The highest BCUT2D eigenvalue weighted by Crippen LogP contribution is 2.41. The van der Waals surface area contributed by atoms with Crippen LogP contribution in [-0.2, 0) is 4.79 Å². The number of amides is 1. The predicted molar refractivity (Wildman–Crippen MR) is 114 cm³/mol. The molecule has 0 unspecified atom stereocenters. The van der Waals surface area contributed by atoms with E-state index in [4.69, 9.17) is 14.2 Å². The molecule has 29 heavy (non-hydrogen) atoms. The number of carbonyl (C=O) groups is 1. The summed E-state index contributed by atoms with van der Waals surface area (Å²) < 4.78 is 17.4. The zero-order valence-electron chi connectivity index (χ0n) is 18.1. The molecule has 0 radical (unpaired) electrons. The topological polar surface area (TPSA) is 56.8 Å². The van der Waals surface area contributed by atoms with E-state index in [2.05, 4.69) is 19.2 Å². The van der Waals surface area contributed by atoms with Crippen molar-refractivity contribution in [3.05, 3.63) is 53.6 Å². The van der Waals surface area contributed by atoms with Gasteiger partial charge in [-0.15, -0.1) is 0 Å². The third-order valence-electron chi connectivity index (χ3n) is 5.21. The molecular formula is C24H31NO4. The number of methoxy groups -OCH3 is 1. The van der Waals surface area contributed by atoms with Crippen LogP contribution in [0.2, 0.25) is 0 Å². The first-order chi connectivity index (χ1) is 13.7. The van der Waals surface area contributed by atoms with Crippen LogP contribution < -0.4 is 19.5 Å². The molecule has 1 aliphatic rings. The van der Waals surface area contributed by atoms with E-state index in [0.29, 0.717) is 12.3 Å². The van der Waals surface area contributed by atoms with Crippen LogP contribution in [0.5, 0.6) is 17.2 Å². The molecule has 1 N–H and O–H groups in total. The Hall–Kier alpha value is -2.69. The Morgan fingerprint density at radius 2 is 1.90 bits per heavy atom. The third-order valence-corrected chi connectivity index (χ3v) is 5.21. The first-order valence-electron chi connectivity index (χ1n) is 10.1. The molecule has 0 bridgehead atoms. The van der Waals surface area contributed by atoms with Crippen molar-refractivity contribution in [1.29, 1.82) is 0 Å². The molecule has 5 heteroatoms. The van der Waals surface area contributed by atoms with E-state index in [1.54, 1.807) is 14.0 Å². The van der Waals surface area contributed by atoms with Crippen LogP contribution in [0, 0.1) is 0 Å². The Morgan fingerprint density at radius 3 is 2.59 bits per heavy atom. The smallest absolute Gasteiger partial charge is 0.261 e. The molecule has 0 aromatic heterocycles. The third kappa shape index (κ3) is 4.84. The minimum atomic E-state index is -0.609. The lowest BCUT2D eigenvalue weighted by molar-refractivity contribution is -0.128. The zero-order valence-corrected chi connectivity index (χ0v) is 18.1. The summed E-state index contributed by atoms with van der Waals surface area (Å²) >= 11 is 0. The van der Waals surface area contributed by atoms with Gasteiger partial charge >= 0.3 is 0 Å². The Kier molecular flexibility index (Phi) is 6.06. The van der Waals surface area contributed by atoms with Gasteiger partial charge in [-0.2, -0.15) is 0 Å². The van der Waals surface area contributed by atoms with Crippen molar-refractivity contribution < 1.29 is 19.0 Å². The Bertz CT molecular complexity index is 875. The fraction of sp³-hybridized carbons (Fsp3) is 0.458. The van der Waals surface area contributed by atoms with Crippen LogP contribution >= 0.6 is 0 Å². The summed E-state index contributed by atoms with van der Waals surface area (Å²) in [7, 11) is 1.63. The van der Waals surface area contributed by atoms with Crippen LogP contribution in [0.25, 0.3) is 0 Å². The molecule has 0 spiro atoms. The van der Waals surface area contributed by atoms with E-state index < -0.39 is 11.7 Å². The van der Waals surface area contributed by atoms with Crippen molar-refractivity contribution in [2.75, 3.05) is 7.11 Å². The van der Waals surface area contributed by atoms with E-state index in [0.717, 1.165) is 28.4 Å². The Morgan fingerprint density at radius 1 is 1.17 bits per heavy atom. The highest BCUT2D eigenvalue weighted by atomic mass is 16.5. The minimum absolute atomic E-state index is 0.145. The van der Waals surface area contributed by atoms with Crippen molar-refractivity contribution in [3.8, 4) is 17.2 Å². The van der Waals surface area contributed by atoms with Gasteiger partial charge < -0.3 is 19.5 Å². The van der Waals surface area contributed by atoms with Gasteiger partial charge in [-0.3, -0.25) is 4.79 Å². The first kappa shape index (κ1) is 21.0. The standard InChI is InChI=1S/C24H31NO4/c1-15(2)18-9-7-8-10-21(18)28-16(3)23(26)25-20-14-24(4,5)29-22-13-17(27-6)11-12-19(20)22/h7-13,15-16,20H,14H2,1-6H3,(H,25,26)/t16-,20+/m1/s1. The summed E-state index contributed by atoms with van der Waals surface area (Å²) in [6, 6.07) is 13.4. The molecule has 2 aromatic carbocycles. The summed E-state index contributed by atoms with van der Waals surface area (Å²) in [5, 5.41) is 3.15. The molecule has 0 fully saturated rings. The van der Waals surface area contributed by atoms with Gasteiger partial charge in [0.1, 0.15) is 22.8 Å². The SMILES string of the molecule is COc1ccc2c(c1)OC(C)(C)C[C@@H]2NC(=O)[C@@H](C)Oc1ccccc1C(C)C. The van der Waals surface area contributed by atoms with Crippen LogP contribution in [0.3, 0.4) is 0 Å². The van der Waals surface area contributed by atoms with Crippen LogP contribution in [0.1, 0.15) is 64.1 Å². The van der Waals surface area contributed by atoms with Gasteiger partial charge in [0, 0.05) is 18.1 Å². The van der Waals surface area contributed by atoms with E-state index >= 15 is 0 Å². The van der Waals surface area contributed by atoms with Crippen LogP contribution in [0.4, 0.5) is 0 Å². The second-order valence-corrected chi connectivity index (χ2v) is 8.48. The van der Waals surface area contributed by atoms with Gasteiger partial charge in [0.2, 0.25) is 0 Å². The summed E-state index contributed by atoms with van der Waals surface area (Å²) in [6.07, 6.45) is 0.0652. The normalized spacial score (nSPS) is 18.4. The van der Waals surface area contributed by atoms with Gasteiger partial charge in [0.15, 0.2) is 6.10 Å². The number of ether oxygens (including phenoxy) is 3.